The molecule has 2 aliphatic carbocycles. The number of benzene rings is 2. The molecule has 0 saturated heterocycles. The zero-order valence-corrected chi connectivity index (χ0v) is 17.1. The van der Waals surface area contributed by atoms with Gasteiger partial charge in [0.2, 0.25) is 0 Å². The Balaban J connectivity index is 2.28. The van der Waals surface area contributed by atoms with E-state index in [2.05, 4.69) is 0 Å². The van der Waals surface area contributed by atoms with Gasteiger partial charge in [0.1, 0.15) is 0 Å². The molecule has 0 fully saturated rings. The standard InChI is InChI=1S/2C6HF4.2C5H5.Ti/c2*7-3-1-4(8)6(10)2-5(3)9;2*1-2-4-5-3-1;/h2*1H;2*1-3H,4H2;. The molecule has 31 heavy (non-hydrogen) atoms. The van der Waals surface area contributed by atoms with E-state index in [0.29, 0.717) is 0 Å². The first kappa shape index (κ1) is 21.8. The van der Waals surface area contributed by atoms with Crippen LogP contribution in [0.1, 0.15) is 12.8 Å². The van der Waals surface area contributed by atoms with Crippen molar-refractivity contribution >= 4 is 7.74 Å². The zero-order valence-electron chi connectivity index (χ0n) is 15.6. The topological polar surface area (TPSA) is 0 Å². The van der Waals surface area contributed by atoms with Gasteiger partial charge < -0.3 is 0 Å². The summed E-state index contributed by atoms with van der Waals surface area (Å²) < 4.78 is 115. The van der Waals surface area contributed by atoms with E-state index in [4.69, 9.17) is 0 Å². The fourth-order valence-electron chi connectivity index (χ4n) is 4.23. The molecule has 0 nitrogen and oxygen atoms in total. The summed E-state index contributed by atoms with van der Waals surface area (Å²) in [6.45, 7) is 0. The van der Waals surface area contributed by atoms with Crippen LogP contribution in [0.2, 0.25) is 0 Å². The molecule has 9 heteroatoms. The van der Waals surface area contributed by atoms with Gasteiger partial charge in [-0.1, -0.05) is 0 Å². The van der Waals surface area contributed by atoms with Crippen LogP contribution in [0.4, 0.5) is 35.1 Å². The van der Waals surface area contributed by atoms with Gasteiger partial charge in [-0.25, -0.2) is 0 Å². The van der Waals surface area contributed by atoms with Gasteiger partial charge in [0.05, 0.1) is 0 Å². The fraction of sp³-hybridized carbons (Fsp3) is 0.0909. The molecular weight excluding hydrogens is 464 g/mol. The molecule has 0 aromatic heterocycles. The third-order valence-corrected chi connectivity index (χ3v) is 13.4. The average Bonchev–Trinajstić information content (AvgIpc) is 3.44. The van der Waals surface area contributed by atoms with Gasteiger partial charge in [0.15, 0.2) is 0 Å². The van der Waals surface area contributed by atoms with E-state index in [1.165, 1.54) is 36.5 Å². The van der Waals surface area contributed by atoms with Crippen LogP contribution >= 0.6 is 0 Å². The summed E-state index contributed by atoms with van der Waals surface area (Å²) in [6, 6.07) is -0.0504. The molecule has 0 amide bonds. The molecule has 160 valence electrons. The van der Waals surface area contributed by atoms with E-state index in [1.54, 1.807) is 0 Å². The van der Waals surface area contributed by atoms with Gasteiger partial charge in [0.25, 0.3) is 0 Å². The van der Waals surface area contributed by atoms with E-state index in [-0.39, 0.29) is 32.7 Å². The second kappa shape index (κ2) is 7.91. The summed E-state index contributed by atoms with van der Waals surface area (Å²) in [6.07, 6.45) is 8.41. The predicted octanol–water partition coefficient (Wildman–Crippen LogP) is 5.59. The molecule has 2 aliphatic rings. The number of hydrogen-bond acceptors (Lipinski definition) is 0. The van der Waals surface area contributed by atoms with Crippen LogP contribution in [0.3, 0.4) is 0 Å². The van der Waals surface area contributed by atoms with Crippen molar-refractivity contribution in [2.75, 3.05) is 0 Å². The van der Waals surface area contributed by atoms with Crippen LogP contribution < -0.4 is 7.74 Å². The Bertz CT molecular complexity index is 1070. The average molecular weight is 476 g/mol. The van der Waals surface area contributed by atoms with E-state index in [0.717, 1.165) is 0 Å². The molecule has 0 unspecified atom stereocenters. The van der Waals surface area contributed by atoms with Crippen molar-refractivity contribution in [2.45, 2.75) is 12.8 Å². The first-order valence-corrected chi connectivity index (χ1v) is 12.2. The molecule has 0 saturated carbocycles. The molecule has 0 radical (unpaired) electrons. The van der Waals surface area contributed by atoms with Gasteiger partial charge in [0, 0.05) is 0 Å². The summed E-state index contributed by atoms with van der Waals surface area (Å²) in [7, 11) is 0. The minimum absolute atomic E-state index is 0.0252. The van der Waals surface area contributed by atoms with E-state index < -0.39 is 70.9 Å². The molecule has 0 aliphatic heterocycles. The monoisotopic (exact) mass is 476 g/mol. The van der Waals surface area contributed by atoms with Crippen molar-refractivity contribution in [3.8, 4) is 0 Å². The second-order valence-corrected chi connectivity index (χ2v) is 13.0. The summed E-state index contributed by atoms with van der Waals surface area (Å²) in [5.41, 5.74) is 0. The second-order valence-electron chi connectivity index (χ2n) is 7.08. The first-order chi connectivity index (χ1) is 14.7. The molecule has 0 bridgehead atoms. The van der Waals surface area contributed by atoms with Gasteiger partial charge in [-0.3, -0.25) is 0 Å². The van der Waals surface area contributed by atoms with E-state index in [1.807, 2.05) is 0 Å². The van der Waals surface area contributed by atoms with E-state index in [9.17, 15) is 17.6 Å². The predicted molar refractivity (Wildman–Crippen MR) is 95.5 cm³/mol. The van der Waals surface area contributed by atoms with Crippen LogP contribution in [0.15, 0.2) is 56.3 Å². The number of allylic oxidation sites excluding steroid dienone is 8. The van der Waals surface area contributed by atoms with Crippen LogP contribution in [-0.2, 0) is 16.6 Å². The van der Waals surface area contributed by atoms with E-state index >= 15 is 17.6 Å². The quantitative estimate of drug-likeness (QED) is 0.307. The Labute approximate surface area is 175 Å². The van der Waals surface area contributed by atoms with Gasteiger partial charge in [-0.15, -0.1) is 0 Å². The Morgan fingerprint density at radius 3 is 1.10 bits per heavy atom. The first-order valence-electron chi connectivity index (χ1n) is 9.10. The van der Waals surface area contributed by atoms with Crippen molar-refractivity contribution in [3.05, 3.63) is 103 Å². The zero-order chi connectivity index (χ0) is 22.5. The van der Waals surface area contributed by atoms with Crippen LogP contribution in [-0.4, -0.2) is 0 Å². The maximum absolute atomic E-state index is 15.1. The third-order valence-electron chi connectivity index (χ3n) is 5.48. The van der Waals surface area contributed by atoms with Gasteiger partial charge in [-0.2, -0.15) is 0 Å². The fourth-order valence-corrected chi connectivity index (χ4v) is 12.5. The molecule has 0 atom stereocenters. The van der Waals surface area contributed by atoms with Crippen molar-refractivity contribution in [1.29, 1.82) is 0 Å². The SMILES string of the molecule is Fc1cc(F)c(F)[c]([Ti]([C]2=CC=CC2)([C]2=CC=CC2)[c]2c(F)c(F)cc(F)c2F)c1F. The Morgan fingerprint density at radius 2 is 0.839 bits per heavy atom. The summed E-state index contributed by atoms with van der Waals surface area (Å²) in [5, 5.41) is 0. The normalized spacial score (nSPS) is 15.6. The Hall–Kier alpha value is -2.45. The minimum atomic E-state index is -5.60. The Kier molecular flexibility index (Phi) is 5.56. The van der Waals surface area contributed by atoms with Crippen LogP contribution in [0, 0.1) is 46.5 Å². The summed E-state index contributed by atoms with van der Waals surface area (Å²) in [5.74, 6) is -14.5. The van der Waals surface area contributed by atoms with Crippen molar-refractivity contribution in [1.82, 2.24) is 0 Å². The van der Waals surface area contributed by atoms with Crippen molar-refractivity contribution < 1.29 is 51.7 Å². The molecule has 0 N–H and O–H groups in total. The van der Waals surface area contributed by atoms with Crippen LogP contribution in [0.25, 0.3) is 0 Å². The third kappa shape index (κ3) is 3.15. The summed E-state index contributed by atoms with van der Waals surface area (Å²) in [4.78, 5) is 0. The molecule has 0 spiro atoms. The number of halogens is 8. The molecule has 4 rings (SSSR count). The summed E-state index contributed by atoms with van der Waals surface area (Å²) >= 11 is -5.60. The van der Waals surface area contributed by atoms with Gasteiger partial charge in [-0.05, 0) is 0 Å². The van der Waals surface area contributed by atoms with Gasteiger partial charge >= 0.3 is 175 Å². The van der Waals surface area contributed by atoms with Crippen molar-refractivity contribution in [3.63, 3.8) is 0 Å². The number of rotatable bonds is 4. The molecular formula is C22H12F8Ti. The number of hydrogen-bond donors (Lipinski definition) is 0. The molecule has 0 heterocycles. The molecule has 2 aromatic carbocycles. The van der Waals surface area contributed by atoms with Crippen molar-refractivity contribution in [2.24, 2.45) is 0 Å². The molecule has 2 aromatic rings. The van der Waals surface area contributed by atoms with Crippen LogP contribution in [0.5, 0.6) is 0 Å². The Morgan fingerprint density at radius 1 is 0.516 bits per heavy atom. The maximum atomic E-state index is 15.1.